The van der Waals surface area contributed by atoms with Gasteiger partial charge in [0.1, 0.15) is 0 Å². The highest BCUT2D eigenvalue weighted by molar-refractivity contribution is 5.78. The zero-order valence-electron chi connectivity index (χ0n) is 12.9. The molecule has 0 atom stereocenters. The van der Waals surface area contributed by atoms with Gasteiger partial charge in [-0.25, -0.2) is 0 Å². The summed E-state index contributed by atoms with van der Waals surface area (Å²) in [6.07, 6.45) is 1.90. The number of ether oxygens (including phenoxy) is 1. The minimum Gasteiger partial charge on any atom is -0.380 e. The minimum atomic E-state index is 0.164. The van der Waals surface area contributed by atoms with Crippen LogP contribution in [0, 0.1) is 5.92 Å². The van der Waals surface area contributed by atoms with Gasteiger partial charge < -0.3 is 15.0 Å². The van der Waals surface area contributed by atoms with Crippen molar-refractivity contribution in [1.82, 2.24) is 10.2 Å². The van der Waals surface area contributed by atoms with Crippen LogP contribution in [0.15, 0.2) is 30.3 Å². The van der Waals surface area contributed by atoms with Crippen LogP contribution >= 0.6 is 0 Å². The molecule has 1 aliphatic heterocycles. The van der Waals surface area contributed by atoms with E-state index in [-0.39, 0.29) is 11.8 Å². The van der Waals surface area contributed by atoms with Crippen molar-refractivity contribution in [3.05, 3.63) is 35.9 Å². The van der Waals surface area contributed by atoms with Gasteiger partial charge >= 0.3 is 0 Å². The molecule has 4 nitrogen and oxygen atoms in total. The van der Waals surface area contributed by atoms with E-state index in [1.54, 1.807) is 0 Å². The first-order chi connectivity index (χ1) is 10.3. The Morgan fingerprint density at radius 3 is 2.67 bits per heavy atom. The number of hydrogen-bond acceptors (Lipinski definition) is 3. The third-order valence-corrected chi connectivity index (χ3v) is 4.02. The van der Waals surface area contributed by atoms with Gasteiger partial charge in [-0.05, 0) is 38.4 Å². The Balaban J connectivity index is 1.66. The lowest BCUT2D eigenvalue weighted by molar-refractivity contribution is -0.126. The summed E-state index contributed by atoms with van der Waals surface area (Å²) in [5, 5.41) is 3.05. The quantitative estimate of drug-likeness (QED) is 0.782. The van der Waals surface area contributed by atoms with E-state index in [0.717, 1.165) is 51.3 Å². The second-order valence-electron chi connectivity index (χ2n) is 5.52. The van der Waals surface area contributed by atoms with Gasteiger partial charge in [0.2, 0.25) is 5.91 Å². The van der Waals surface area contributed by atoms with Crippen molar-refractivity contribution in [1.29, 1.82) is 0 Å². The second-order valence-corrected chi connectivity index (χ2v) is 5.52. The van der Waals surface area contributed by atoms with Gasteiger partial charge in [-0.2, -0.15) is 0 Å². The number of likely N-dealkylation sites (tertiary alicyclic amines) is 1. The Bertz CT molecular complexity index is 414. The van der Waals surface area contributed by atoms with Crippen LogP contribution in [0.1, 0.15) is 25.3 Å². The first-order valence-corrected chi connectivity index (χ1v) is 7.91. The average Bonchev–Trinajstić information content (AvgIpc) is 2.54. The van der Waals surface area contributed by atoms with Crippen LogP contribution in [0.25, 0.3) is 0 Å². The third-order valence-electron chi connectivity index (χ3n) is 4.02. The fourth-order valence-electron chi connectivity index (χ4n) is 2.69. The smallest absolute Gasteiger partial charge is 0.223 e. The predicted octanol–water partition coefficient (Wildman–Crippen LogP) is 2.05. The van der Waals surface area contributed by atoms with Gasteiger partial charge in [0.25, 0.3) is 0 Å². The number of amides is 1. The summed E-state index contributed by atoms with van der Waals surface area (Å²) in [6.45, 7) is 7.19. The largest absolute Gasteiger partial charge is 0.380 e. The molecule has 1 amide bonds. The zero-order chi connectivity index (χ0) is 14.9. The van der Waals surface area contributed by atoms with Crippen LogP contribution in [0.4, 0.5) is 0 Å². The molecule has 1 N–H and O–H groups in total. The Morgan fingerprint density at radius 2 is 2.00 bits per heavy atom. The van der Waals surface area contributed by atoms with E-state index < -0.39 is 0 Å². The molecule has 0 bridgehead atoms. The van der Waals surface area contributed by atoms with Crippen LogP contribution < -0.4 is 5.32 Å². The van der Waals surface area contributed by atoms with Crippen LogP contribution in [0.2, 0.25) is 0 Å². The first kappa shape index (κ1) is 16.0. The van der Waals surface area contributed by atoms with Crippen molar-refractivity contribution >= 4 is 5.91 Å². The van der Waals surface area contributed by atoms with E-state index in [2.05, 4.69) is 10.2 Å². The highest BCUT2D eigenvalue weighted by atomic mass is 16.5. The summed E-state index contributed by atoms with van der Waals surface area (Å²) in [6, 6.07) is 10.1. The average molecular weight is 290 g/mol. The molecule has 1 aromatic rings. The molecule has 0 aromatic heterocycles. The number of piperidine rings is 1. The van der Waals surface area contributed by atoms with Crippen molar-refractivity contribution in [3.63, 3.8) is 0 Å². The Kier molecular flexibility index (Phi) is 6.70. The van der Waals surface area contributed by atoms with Crippen LogP contribution in [-0.4, -0.2) is 43.7 Å². The number of nitrogens with one attached hydrogen (secondary N) is 1. The predicted molar refractivity (Wildman–Crippen MR) is 83.9 cm³/mol. The maximum Gasteiger partial charge on any atom is 0.223 e. The van der Waals surface area contributed by atoms with E-state index in [1.165, 1.54) is 0 Å². The van der Waals surface area contributed by atoms with E-state index >= 15 is 0 Å². The molecule has 21 heavy (non-hydrogen) atoms. The standard InChI is InChI=1S/C17H26N2O2/c1-2-21-13-12-19-10-8-16(9-11-19)17(20)18-14-15-6-4-3-5-7-15/h3-7,16H,2,8-14H2,1H3,(H,18,20). The lowest BCUT2D eigenvalue weighted by Gasteiger charge is -2.31. The van der Waals surface area contributed by atoms with Gasteiger partial charge in [-0.3, -0.25) is 4.79 Å². The number of rotatable bonds is 7. The molecule has 2 rings (SSSR count). The molecular formula is C17H26N2O2. The maximum absolute atomic E-state index is 12.2. The van der Waals surface area contributed by atoms with Gasteiger partial charge in [-0.1, -0.05) is 30.3 Å². The van der Waals surface area contributed by atoms with Gasteiger partial charge in [-0.15, -0.1) is 0 Å². The fraction of sp³-hybridized carbons (Fsp3) is 0.588. The number of carbonyl (C=O) groups is 1. The lowest BCUT2D eigenvalue weighted by atomic mass is 9.96. The highest BCUT2D eigenvalue weighted by Gasteiger charge is 2.24. The van der Waals surface area contributed by atoms with Gasteiger partial charge in [0.05, 0.1) is 6.61 Å². The number of hydrogen-bond donors (Lipinski definition) is 1. The van der Waals surface area contributed by atoms with Crippen LogP contribution in [0.5, 0.6) is 0 Å². The molecule has 0 spiro atoms. The maximum atomic E-state index is 12.2. The normalized spacial score (nSPS) is 16.8. The van der Waals surface area contributed by atoms with E-state index in [4.69, 9.17) is 4.74 Å². The van der Waals surface area contributed by atoms with Gasteiger partial charge in [0.15, 0.2) is 0 Å². The third kappa shape index (κ3) is 5.48. The molecule has 0 radical (unpaired) electrons. The number of benzene rings is 1. The Labute approximate surface area is 127 Å². The van der Waals surface area contributed by atoms with Crippen molar-refractivity contribution < 1.29 is 9.53 Å². The lowest BCUT2D eigenvalue weighted by Crippen LogP contribution is -2.41. The number of carbonyl (C=O) groups excluding carboxylic acids is 1. The summed E-state index contributed by atoms with van der Waals surface area (Å²) in [5.74, 6) is 0.361. The summed E-state index contributed by atoms with van der Waals surface area (Å²) in [5.41, 5.74) is 1.15. The molecule has 116 valence electrons. The molecule has 0 saturated carbocycles. The van der Waals surface area contributed by atoms with Crippen molar-refractivity contribution in [2.75, 3.05) is 32.8 Å². The SMILES string of the molecule is CCOCCN1CCC(C(=O)NCc2ccccc2)CC1. The summed E-state index contributed by atoms with van der Waals surface area (Å²) in [7, 11) is 0. The van der Waals surface area contributed by atoms with Crippen LogP contribution in [0.3, 0.4) is 0 Å². The minimum absolute atomic E-state index is 0.164. The first-order valence-electron chi connectivity index (χ1n) is 7.91. The van der Waals surface area contributed by atoms with E-state index in [0.29, 0.717) is 6.54 Å². The topological polar surface area (TPSA) is 41.6 Å². The Hall–Kier alpha value is -1.39. The molecule has 4 heteroatoms. The summed E-state index contributed by atoms with van der Waals surface area (Å²) in [4.78, 5) is 14.6. The Morgan fingerprint density at radius 1 is 1.29 bits per heavy atom. The van der Waals surface area contributed by atoms with E-state index in [1.807, 2.05) is 37.3 Å². The second kappa shape index (κ2) is 8.80. The molecule has 1 aromatic carbocycles. The molecule has 1 fully saturated rings. The summed E-state index contributed by atoms with van der Waals surface area (Å²) >= 11 is 0. The van der Waals surface area contributed by atoms with Gasteiger partial charge in [0, 0.05) is 25.6 Å². The number of nitrogens with zero attached hydrogens (tertiary/aromatic N) is 1. The molecule has 1 heterocycles. The zero-order valence-corrected chi connectivity index (χ0v) is 12.9. The van der Waals surface area contributed by atoms with Crippen molar-refractivity contribution in [2.24, 2.45) is 5.92 Å². The van der Waals surface area contributed by atoms with E-state index in [9.17, 15) is 4.79 Å². The molecule has 1 saturated heterocycles. The molecular weight excluding hydrogens is 264 g/mol. The van der Waals surface area contributed by atoms with Crippen LogP contribution in [-0.2, 0) is 16.1 Å². The van der Waals surface area contributed by atoms with Crippen molar-refractivity contribution in [3.8, 4) is 0 Å². The molecule has 1 aliphatic rings. The fourth-order valence-corrected chi connectivity index (χ4v) is 2.69. The molecule has 0 aliphatic carbocycles. The molecule has 0 unspecified atom stereocenters. The van der Waals surface area contributed by atoms with Crippen molar-refractivity contribution in [2.45, 2.75) is 26.3 Å². The highest BCUT2D eigenvalue weighted by Crippen LogP contribution is 2.17. The monoisotopic (exact) mass is 290 g/mol. The summed E-state index contributed by atoms with van der Waals surface area (Å²) < 4.78 is 5.38.